The van der Waals surface area contributed by atoms with Crippen molar-refractivity contribution in [3.63, 3.8) is 0 Å². The van der Waals surface area contributed by atoms with E-state index in [1.807, 2.05) is 0 Å². The van der Waals surface area contributed by atoms with Gasteiger partial charge in [0.1, 0.15) is 0 Å². The molecule has 80 valence electrons. The van der Waals surface area contributed by atoms with Crippen molar-refractivity contribution in [2.24, 2.45) is 0 Å². The number of nitrogens with one attached hydrogen (secondary N) is 1. The second-order valence-electron chi connectivity index (χ2n) is 3.34. The Bertz CT molecular complexity index is 213. The number of rotatable bonds is 7. The summed E-state index contributed by atoms with van der Waals surface area (Å²) in [5.41, 5.74) is 0. The van der Waals surface area contributed by atoms with E-state index in [1.54, 1.807) is 6.92 Å². The molecular formula is C8H19NO3S. The Morgan fingerprint density at radius 1 is 1.31 bits per heavy atom. The second-order valence-corrected chi connectivity index (χ2v) is 4.53. The lowest BCUT2D eigenvalue weighted by Crippen LogP contribution is -2.31. The molecule has 0 saturated heterocycles. The highest BCUT2D eigenvalue weighted by Crippen LogP contribution is 2.05. The maximum atomic E-state index is 10.4. The van der Waals surface area contributed by atoms with E-state index in [0.717, 1.165) is 19.3 Å². The molecule has 0 aliphatic rings. The van der Waals surface area contributed by atoms with Crippen LogP contribution in [0.15, 0.2) is 0 Å². The first-order chi connectivity index (χ1) is 5.95. The smallest absolute Gasteiger partial charge is 0.273 e. The molecule has 0 saturated carbocycles. The third kappa shape index (κ3) is 9.79. The van der Waals surface area contributed by atoms with Crippen molar-refractivity contribution in [2.75, 3.05) is 0 Å². The fourth-order valence-electron chi connectivity index (χ4n) is 1.19. The molecule has 0 bridgehead atoms. The number of hydrogen-bond acceptors (Lipinski definition) is 2. The van der Waals surface area contributed by atoms with Gasteiger partial charge in [0.05, 0.1) is 0 Å². The van der Waals surface area contributed by atoms with Gasteiger partial charge in [-0.25, -0.2) is 0 Å². The number of hydrogen-bond donors (Lipinski definition) is 2. The zero-order chi connectivity index (χ0) is 10.3. The van der Waals surface area contributed by atoms with Gasteiger partial charge in [0, 0.05) is 6.04 Å². The third-order valence-electron chi connectivity index (χ3n) is 1.84. The topological polar surface area (TPSA) is 66.4 Å². The maximum absolute atomic E-state index is 10.4. The zero-order valence-electron chi connectivity index (χ0n) is 8.28. The lowest BCUT2D eigenvalue weighted by molar-refractivity contribution is 0.445. The Hall–Kier alpha value is -0.130. The molecule has 0 amide bonds. The Morgan fingerprint density at radius 2 is 1.92 bits per heavy atom. The summed E-state index contributed by atoms with van der Waals surface area (Å²) in [6, 6.07) is -0.174. The quantitative estimate of drug-likeness (QED) is 0.496. The first-order valence-electron chi connectivity index (χ1n) is 4.70. The molecule has 0 radical (unpaired) electrons. The van der Waals surface area contributed by atoms with Crippen molar-refractivity contribution in [3.05, 3.63) is 0 Å². The lowest BCUT2D eigenvalue weighted by atomic mass is 10.1. The highest BCUT2D eigenvalue weighted by Gasteiger charge is 2.08. The van der Waals surface area contributed by atoms with E-state index in [1.165, 1.54) is 12.8 Å². The molecule has 0 aliphatic carbocycles. The van der Waals surface area contributed by atoms with Crippen LogP contribution in [0.4, 0.5) is 0 Å². The van der Waals surface area contributed by atoms with E-state index in [2.05, 4.69) is 11.6 Å². The largest absolute Gasteiger partial charge is 0.333 e. The van der Waals surface area contributed by atoms with Crippen LogP contribution in [0.1, 0.15) is 46.0 Å². The molecule has 0 aromatic carbocycles. The first kappa shape index (κ1) is 12.9. The molecule has 0 rings (SSSR count). The van der Waals surface area contributed by atoms with E-state index in [0.29, 0.717) is 0 Å². The first-order valence-corrected chi connectivity index (χ1v) is 6.14. The zero-order valence-corrected chi connectivity index (χ0v) is 9.10. The van der Waals surface area contributed by atoms with Crippen LogP contribution >= 0.6 is 0 Å². The summed E-state index contributed by atoms with van der Waals surface area (Å²) in [6.45, 7) is 3.87. The molecular weight excluding hydrogens is 190 g/mol. The van der Waals surface area contributed by atoms with Gasteiger partial charge in [-0.3, -0.25) is 4.55 Å². The van der Waals surface area contributed by atoms with Crippen LogP contribution in [0.25, 0.3) is 0 Å². The van der Waals surface area contributed by atoms with Gasteiger partial charge < -0.3 is 0 Å². The van der Waals surface area contributed by atoms with Crippen molar-refractivity contribution < 1.29 is 13.0 Å². The summed E-state index contributed by atoms with van der Waals surface area (Å²) >= 11 is 0. The molecule has 2 N–H and O–H groups in total. The summed E-state index contributed by atoms with van der Waals surface area (Å²) in [4.78, 5) is 0. The Labute approximate surface area is 80.6 Å². The number of unbranched alkanes of at least 4 members (excludes halogenated alkanes) is 3. The Kier molecular flexibility index (Phi) is 6.28. The molecule has 0 spiro atoms. The molecule has 0 heterocycles. The standard InChI is InChI=1S/C8H19NO3S/c1-3-4-5-6-7-8(2)9-13(10,11)12/h8-9H,3-7H2,1-2H3,(H,10,11,12). The predicted molar refractivity (Wildman–Crippen MR) is 52.9 cm³/mol. The average Bonchev–Trinajstić information content (AvgIpc) is 1.94. The van der Waals surface area contributed by atoms with Gasteiger partial charge in [-0.1, -0.05) is 32.6 Å². The van der Waals surface area contributed by atoms with Crippen LogP contribution in [0.2, 0.25) is 0 Å². The van der Waals surface area contributed by atoms with Gasteiger partial charge >= 0.3 is 10.3 Å². The normalized spacial score (nSPS) is 14.4. The fourth-order valence-corrected chi connectivity index (χ4v) is 1.82. The van der Waals surface area contributed by atoms with Gasteiger partial charge in [0.2, 0.25) is 0 Å². The fraction of sp³-hybridized carbons (Fsp3) is 1.00. The Balaban J connectivity index is 3.47. The van der Waals surface area contributed by atoms with E-state index in [4.69, 9.17) is 4.55 Å². The van der Waals surface area contributed by atoms with E-state index in [-0.39, 0.29) is 6.04 Å². The second kappa shape index (κ2) is 6.34. The van der Waals surface area contributed by atoms with Crippen molar-refractivity contribution in [3.8, 4) is 0 Å². The van der Waals surface area contributed by atoms with Gasteiger partial charge in [-0.2, -0.15) is 13.1 Å². The maximum Gasteiger partial charge on any atom is 0.333 e. The van der Waals surface area contributed by atoms with E-state index in [9.17, 15) is 8.42 Å². The average molecular weight is 209 g/mol. The van der Waals surface area contributed by atoms with Gasteiger partial charge in [0.15, 0.2) is 0 Å². The van der Waals surface area contributed by atoms with Crippen LogP contribution in [-0.2, 0) is 10.3 Å². The molecule has 0 aromatic heterocycles. The van der Waals surface area contributed by atoms with Gasteiger partial charge in [-0.15, -0.1) is 0 Å². The molecule has 0 aromatic rings. The lowest BCUT2D eigenvalue weighted by Gasteiger charge is -2.10. The summed E-state index contributed by atoms with van der Waals surface area (Å²) in [6.07, 6.45) is 5.24. The van der Waals surface area contributed by atoms with Crippen molar-refractivity contribution in [1.82, 2.24) is 4.72 Å². The molecule has 0 fully saturated rings. The molecule has 5 heteroatoms. The minimum atomic E-state index is -4.02. The highest BCUT2D eigenvalue weighted by molar-refractivity contribution is 7.83. The summed E-state index contributed by atoms with van der Waals surface area (Å²) in [5.74, 6) is 0. The van der Waals surface area contributed by atoms with E-state index < -0.39 is 10.3 Å². The molecule has 1 atom stereocenters. The monoisotopic (exact) mass is 209 g/mol. The minimum Gasteiger partial charge on any atom is -0.273 e. The van der Waals surface area contributed by atoms with Crippen molar-refractivity contribution in [1.29, 1.82) is 0 Å². The highest BCUT2D eigenvalue weighted by atomic mass is 32.2. The van der Waals surface area contributed by atoms with Crippen LogP contribution in [0.5, 0.6) is 0 Å². The van der Waals surface area contributed by atoms with Crippen LogP contribution in [-0.4, -0.2) is 19.0 Å². The van der Waals surface area contributed by atoms with Crippen LogP contribution < -0.4 is 4.72 Å². The van der Waals surface area contributed by atoms with Crippen molar-refractivity contribution >= 4 is 10.3 Å². The molecule has 4 nitrogen and oxygen atoms in total. The minimum absolute atomic E-state index is 0.174. The predicted octanol–water partition coefficient (Wildman–Crippen LogP) is 1.74. The van der Waals surface area contributed by atoms with Gasteiger partial charge in [0.25, 0.3) is 0 Å². The summed E-state index contributed by atoms with van der Waals surface area (Å²) in [7, 11) is -4.02. The molecule has 0 aliphatic heterocycles. The summed E-state index contributed by atoms with van der Waals surface area (Å²) in [5, 5.41) is 0. The Morgan fingerprint density at radius 3 is 2.38 bits per heavy atom. The molecule has 13 heavy (non-hydrogen) atoms. The van der Waals surface area contributed by atoms with Crippen molar-refractivity contribution in [2.45, 2.75) is 52.0 Å². The summed E-state index contributed by atoms with van der Waals surface area (Å²) < 4.78 is 31.3. The van der Waals surface area contributed by atoms with Gasteiger partial charge in [-0.05, 0) is 13.3 Å². The van der Waals surface area contributed by atoms with E-state index >= 15 is 0 Å². The van der Waals surface area contributed by atoms with Crippen LogP contribution in [0.3, 0.4) is 0 Å². The third-order valence-corrected chi connectivity index (χ3v) is 2.54. The molecule has 1 unspecified atom stereocenters. The SMILES string of the molecule is CCCCCCC(C)NS(=O)(=O)O. The van der Waals surface area contributed by atoms with Crippen LogP contribution in [0, 0.1) is 0 Å².